The minimum absolute atomic E-state index is 0.285. The minimum atomic E-state index is -0.424. The molecule has 0 saturated heterocycles. The number of aromatic hydroxyl groups is 1. The van der Waals surface area contributed by atoms with Crippen LogP contribution in [0.25, 0.3) is 0 Å². The highest BCUT2D eigenvalue weighted by Crippen LogP contribution is 2.06. The van der Waals surface area contributed by atoms with Crippen LogP contribution in [0.5, 0.6) is 5.75 Å². The van der Waals surface area contributed by atoms with Gasteiger partial charge >= 0.3 is 0 Å². The molecule has 0 amide bonds. The normalized spacial score (nSPS) is 9.30. The van der Waals surface area contributed by atoms with Crippen LogP contribution < -0.4 is 5.43 Å². The van der Waals surface area contributed by atoms with Crippen LogP contribution in [-0.4, -0.2) is 5.11 Å². The van der Waals surface area contributed by atoms with Crippen LogP contribution in [0.2, 0.25) is 5.02 Å². The second-order valence-electron chi connectivity index (χ2n) is 1.80. The molecule has 52 valence electrons. The van der Waals surface area contributed by atoms with Gasteiger partial charge in [0.25, 0.3) is 0 Å². The molecule has 0 radical (unpaired) electrons. The SMILES string of the molecule is O=c1ccc(Cl)ccc1O. The zero-order chi connectivity index (χ0) is 7.56. The predicted octanol–water partition coefficient (Wildman–Crippen LogP) is 1.41. The first kappa shape index (κ1) is 7.09. The Hall–Kier alpha value is -1.02. The molecule has 1 N–H and O–H groups in total. The van der Waals surface area contributed by atoms with Crippen LogP contribution >= 0.6 is 11.6 Å². The topological polar surface area (TPSA) is 37.3 Å². The zero-order valence-electron chi connectivity index (χ0n) is 5.04. The fraction of sp³-hybridized carbons (Fsp3) is 0. The van der Waals surface area contributed by atoms with Crippen molar-refractivity contribution in [2.24, 2.45) is 0 Å². The fourth-order valence-corrected chi connectivity index (χ4v) is 0.663. The van der Waals surface area contributed by atoms with Gasteiger partial charge in [-0.2, -0.15) is 0 Å². The first-order valence-electron chi connectivity index (χ1n) is 2.69. The molecule has 0 atom stereocenters. The standard InChI is InChI=1S/C7H5ClO2/c8-5-1-3-6(9)7(10)4-2-5/h1-4H,(H,9,10). The summed E-state index contributed by atoms with van der Waals surface area (Å²) in [4.78, 5) is 10.7. The quantitative estimate of drug-likeness (QED) is 0.617. The number of hydrogen-bond acceptors (Lipinski definition) is 2. The van der Waals surface area contributed by atoms with Crippen molar-refractivity contribution in [2.45, 2.75) is 0 Å². The monoisotopic (exact) mass is 156 g/mol. The minimum Gasteiger partial charge on any atom is -0.504 e. The van der Waals surface area contributed by atoms with E-state index in [2.05, 4.69) is 0 Å². The van der Waals surface area contributed by atoms with E-state index in [-0.39, 0.29) is 5.75 Å². The van der Waals surface area contributed by atoms with Gasteiger partial charge in [-0.15, -0.1) is 0 Å². The van der Waals surface area contributed by atoms with E-state index in [1.165, 1.54) is 24.3 Å². The van der Waals surface area contributed by atoms with Gasteiger partial charge in [-0.3, -0.25) is 4.79 Å². The largest absolute Gasteiger partial charge is 0.504 e. The summed E-state index contributed by atoms with van der Waals surface area (Å²) in [5, 5.41) is 9.26. The van der Waals surface area contributed by atoms with E-state index in [4.69, 9.17) is 16.7 Å². The average molecular weight is 157 g/mol. The maximum absolute atomic E-state index is 10.7. The van der Waals surface area contributed by atoms with Gasteiger partial charge in [-0.25, -0.2) is 0 Å². The second kappa shape index (κ2) is 2.71. The molecule has 0 aliphatic heterocycles. The Bertz CT molecular complexity index is 296. The zero-order valence-corrected chi connectivity index (χ0v) is 5.80. The van der Waals surface area contributed by atoms with Gasteiger partial charge in [0.2, 0.25) is 5.43 Å². The molecule has 1 rings (SSSR count). The second-order valence-corrected chi connectivity index (χ2v) is 2.24. The van der Waals surface area contributed by atoms with Gasteiger partial charge in [-0.05, 0) is 24.3 Å². The third kappa shape index (κ3) is 1.48. The molecule has 0 saturated carbocycles. The number of rotatable bonds is 0. The van der Waals surface area contributed by atoms with Gasteiger partial charge in [-0.1, -0.05) is 11.6 Å². The summed E-state index contributed by atoms with van der Waals surface area (Å²) in [6.45, 7) is 0. The van der Waals surface area contributed by atoms with Gasteiger partial charge in [0.15, 0.2) is 5.75 Å². The Morgan fingerprint density at radius 1 is 1.20 bits per heavy atom. The van der Waals surface area contributed by atoms with Crippen LogP contribution in [0.15, 0.2) is 29.1 Å². The summed E-state index contributed by atoms with van der Waals surface area (Å²) in [7, 11) is 0. The van der Waals surface area contributed by atoms with Gasteiger partial charge in [0.1, 0.15) is 0 Å². The molecule has 0 spiro atoms. The Morgan fingerprint density at radius 3 is 2.50 bits per heavy atom. The summed E-state index contributed by atoms with van der Waals surface area (Å²) in [5.41, 5.74) is -0.424. The summed E-state index contributed by atoms with van der Waals surface area (Å²) >= 11 is 5.52. The van der Waals surface area contributed by atoms with Crippen molar-refractivity contribution in [1.29, 1.82) is 0 Å². The molecule has 0 bridgehead atoms. The maximum Gasteiger partial charge on any atom is 0.220 e. The molecule has 10 heavy (non-hydrogen) atoms. The highest BCUT2D eigenvalue weighted by Gasteiger charge is 1.90. The summed E-state index contributed by atoms with van der Waals surface area (Å²) in [6, 6.07) is 5.38. The van der Waals surface area contributed by atoms with E-state index in [9.17, 15) is 4.79 Å². The molecule has 0 heterocycles. The molecule has 2 nitrogen and oxygen atoms in total. The van der Waals surface area contributed by atoms with Crippen molar-refractivity contribution in [3.63, 3.8) is 0 Å². The summed E-state index contributed by atoms with van der Waals surface area (Å²) < 4.78 is 0. The molecule has 0 aromatic heterocycles. The van der Waals surface area contributed by atoms with E-state index in [1.54, 1.807) is 0 Å². The van der Waals surface area contributed by atoms with Crippen LogP contribution in [-0.2, 0) is 0 Å². The highest BCUT2D eigenvalue weighted by molar-refractivity contribution is 6.30. The first-order valence-corrected chi connectivity index (χ1v) is 3.07. The van der Waals surface area contributed by atoms with Crippen molar-refractivity contribution >= 4 is 11.6 Å². The van der Waals surface area contributed by atoms with Crippen molar-refractivity contribution in [1.82, 2.24) is 0 Å². The molecule has 1 aromatic carbocycles. The molecular weight excluding hydrogens is 152 g/mol. The Kier molecular flexibility index (Phi) is 1.92. The summed E-state index contributed by atoms with van der Waals surface area (Å²) in [6.07, 6.45) is 0. The predicted molar refractivity (Wildman–Crippen MR) is 39.4 cm³/mol. The van der Waals surface area contributed by atoms with Crippen LogP contribution in [0, 0.1) is 0 Å². The molecule has 0 aliphatic carbocycles. The van der Waals surface area contributed by atoms with Gasteiger partial charge in [0, 0.05) is 5.02 Å². The molecule has 1 aromatic rings. The average Bonchev–Trinajstić information content (AvgIpc) is 2.04. The lowest BCUT2D eigenvalue weighted by Gasteiger charge is -1.75. The maximum atomic E-state index is 10.7. The van der Waals surface area contributed by atoms with Crippen molar-refractivity contribution < 1.29 is 5.11 Å². The van der Waals surface area contributed by atoms with Crippen molar-refractivity contribution in [3.8, 4) is 5.75 Å². The molecule has 0 aliphatic rings. The van der Waals surface area contributed by atoms with E-state index in [0.717, 1.165) is 0 Å². The molecule has 0 unspecified atom stereocenters. The van der Waals surface area contributed by atoms with Crippen LogP contribution in [0.4, 0.5) is 0 Å². The smallest absolute Gasteiger partial charge is 0.220 e. The van der Waals surface area contributed by atoms with Crippen molar-refractivity contribution in [2.75, 3.05) is 0 Å². The van der Waals surface area contributed by atoms with E-state index >= 15 is 0 Å². The fourth-order valence-electron chi connectivity index (χ4n) is 0.537. The Balaban J connectivity index is 3.43. The third-order valence-electron chi connectivity index (χ3n) is 1.05. The number of hydrogen-bond donors (Lipinski definition) is 1. The van der Waals surface area contributed by atoms with E-state index in [1.807, 2.05) is 0 Å². The molecule has 3 heteroatoms. The first-order chi connectivity index (χ1) is 4.70. The Labute approximate surface area is 62.7 Å². The van der Waals surface area contributed by atoms with Crippen LogP contribution in [0.3, 0.4) is 0 Å². The van der Waals surface area contributed by atoms with Gasteiger partial charge in [0.05, 0.1) is 0 Å². The van der Waals surface area contributed by atoms with E-state index < -0.39 is 5.43 Å². The molecule has 0 fully saturated rings. The van der Waals surface area contributed by atoms with E-state index in [0.29, 0.717) is 5.02 Å². The lowest BCUT2D eigenvalue weighted by molar-refractivity contribution is 0.471. The summed E-state index contributed by atoms with van der Waals surface area (Å²) in [5.74, 6) is -0.285. The third-order valence-corrected chi connectivity index (χ3v) is 1.30. The number of halogens is 1. The van der Waals surface area contributed by atoms with Gasteiger partial charge < -0.3 is 5.11 Å². The highest BCUT2D eigenvalue weighted by atomic mass is 35.5. The van der Waals surface area contributed by atoms with Crippen LogP contribution in [0.1, 0.15) is 0 Å². The lowest BCUT2D eigenvalue weighted by Crippen LogP contribution is -1.91. The molecular formula is C7H5ClO2. The van der Waals surface area contributed by atoms with Crippen molar-refractivity contribution in [3.05, 3.63) is 39.5 Å². The lowest BCUT2D eigenvalue weighted by atomic mass is 10.5. The Morgan fingerprint density at radius 2 is 1.80 bits per heavy atom.